The van der Waals surface area contributed by atoms with Gasteiger partial charge in [-0.05, 0) is 18.3 Å². The summed E-state index contributed by atoms with van der Waals surface area (Å²) in [6.07, 6.45) is 3.03. The first-order valence-corrected chi connectivity index (χ1v) is 10.1. The standard InChI is InChI=1S/C20H26N4OS/c1-4-10-24-19(17-8-6-5-7-9-17)21-22-20(24)26-14-18(25)23-12-15(2)11-16(3)13-23/h4-9,15-16H,1,10-14H2,2-3H3/t15-,16-/m1/s1. The Balaban J connectivity index is 1.71. The normalized spacial score (nSPS) is 20.2. The number of piperidine rings is 1. The van der Waals surface area contributed by atoms with Crippen molar-refractivity contribution < 1.29 is 4.79 Å². The molecule has 0 spiro atoms. The first-order chi connectivity index (χ1) is 12.6. The lowest BCUT2D eigenvalue weighted by Crippen LogP contribution is -2.43. The number of amides is 1. The molecule has 138 valence electrons. The van der Waals surface area contributed by atoms with Gasteiger partial charge < -0.3 is 4.90 Å². The van der Waals surface area contributed by atoms with E-state index in [-0.39, 0.29) is 5.91 Å². The van der Waals surface area contributed by atoms with Crippen molar-refractivity contribution in [3.63, 3.8) is 0 Å². The number of aromatic nitrogens is 3. The van der Waals surface area contributed by atoms with E-state index in [1.165, 1.54) is 18.2 Å². The maximum atomic E-state index is 12.6. The lowest BCUT2D eigenvalue weighted by atomic mass is 9.92. The number of benzene rings is 1. The molecule has 1 aliphatic heterocycles. The number of thioether (sulfide) groups is 1. The number of hydrogen-bond acceptors (Lipinski definition) is 4. The van der Waals surface area contributed by atoms with E-state index in [0.29, 0.717) is 24.1 Å². The lowest BCUT2D eigenvalue weighted by Gasteiger charge is -2.34. The minimum Gasteiger partial charge on any atom is -0.341 e. The molecule has 2 heterocycles. The van der Waals surface area contributed by atoms with Crippen LogP contribution < -0.4 is 0 Å². The summed E-state index contributed by atoms with van der Waals surface area (Å²) in [6.45, 7) is 10.6. The molecule has 3 rings (SSSR count). The Kier molecular flexibility index (Phi) is 6.14. The first kappa shape index (κ1) is 18.7. The second-order valence-corrected chi connectivity index (χ2v) is 8.05. The lowest BCUT2D eigenvalue weighted by molar-refractivity contribution is -0.130. The number of carbonyl (C=O) groups is 1. The second-order valence-electron chi connectivity index (χ2n) is 7.10. The Morgan fingerprint density at radius 2 is 1.92 bits per heavy atom. The number of allylic oxidation sites excluding steroid dienone is 1. The molecule has 1 aromatic carbocycles. The maximum absolute atomic E-state index is 12.6. The van der Waals surface area contributed by atoms with E-state index in [0.717, 1.165) is 29.6 Å². The van der Waals surface area contributed by atoms with Crippen LogP contribution in [0.4, 0.5) is 0 Å². The number of nitrogens with zero attached hydrogens (tertiary/aromatic N) is 4. The van der Waals surface area contributed by atoms with Crippen molar-refractivity contribution >= 4 is 17.7 Å². The van der Waals surface area contributed by atoms with Gasteiger partial charge in [0, 0.05) is 25.2 Å². The molecular formula is C20H26N4OS. The summed E-state index contributed by atoms with van der Waals surface area (Å²) in [5.74, 6) is 2.52. The summed E-state index contributed by atoms with van der Waals surface area (Å²) in [7, 11) is 0. The van der Waals surface area contributed by atoms with Crippen molar-refractivity contribution in [2.24, 2.45) is 11.8 Å². The number of carbonyl (C=O) groups excluding carboxylic acids is 1. The summed E-state index contributed by atoms with van der Waals surface area (Å²) >= 11 is 1.46. The van der Waals surface area contributed by atoms with E-state index < -0.39 is 0 Å². The Morgan fingerprint density at radius 1 is 1.23 bits per heavy atom. The van der Waals surface area contributed by atoms with Crippen LogP contribution in [0.25, 0.3) is 11.4 Å². The molecule has 1 aliphatic rings. The predicted octanol–water partition coefficient (Wildman–Crippen LogP) is 3.73. The van der Waals surface area contributed by atoms with Crippen LogP contribution >= 0.6 is 11.8 Å². The zero-order valence-corrected chi connectivity index (χ0v) is 16.3. The Morgan fingerprint density at radius 3 is 2.58 bits per heavy atom. The van der Waals surface area contributed by atoms with Gasteiger partial charge in [-0.25, -0.2) is 0 Å². The summed E-state index contributed by atoms with van der Waals surface area (Å²) in [6, 6.07) is 9.97. The number of hydrogen-bond donors (Lipinski definition) is 0. The summed E-state index contributed by atoms with van der Waals surface area (Å²) in [4.78, 5) is 14.6. The average Bonchev–Trinajstić information content (AvgIpc) is 3.02. The quantitative estimate of drug-likeness (QED) is 0.574. The van der Waals surface area contributed by atoms with E-state index in [9.17, 15) is 4.79 Å². The van der Waals surface area contributed by atoms with Crippen molar-refractivity contribution in [2.75, 3.05) is 18.8 Å². The van der Waals surface area contributed by atoms with Crippen LogP contribution in [-0.4, -0.2) is 44.4 Å². The van der Waals surface area contributed by atoms with Crippen LogP contribution in [-0.2, 0) is 11.3 Å². The molecule has 2 atom stereocenters. The summed E-state index contributed by atoms with van der Waals surface area (Å²) in [5.41, 5.74) is 1.01. The zero-order valence-electron chi connectivity index (χ0n) is 15.5. The molecule has 2 aromatic rings. The fraction of sp³-hybridized carbons (Fsp3) is 0.450. The summed E-state index contributed by atoms with van der Waals surface area (Å²) < 4.78 is 2.02. The molecular weight excluding hydrogens is 344 g/mol. The smallest absolute Gasteiger partial charge is 0.233 e. The average molecular weight is 371 g/mol. The summed E-state index contributed by atoms with van der Waals surface area (Å²) in [5, 5.41) is 9.41. The van der Waals surface area contributed by atoms with Crippen molar-refractivity contribution in [1.29, 1.82) is 0 Å². The zero-order chi connectivity index (χ0) is 18.5. The van der Waals surface area contributed by atoms with Gasteiger partial charge in [0.15, 0.2) is 11.0 Å². The first-order valence-electron chi connectivity index (χ1n) is 9.08. The van der Waals surface area contributed by atoms with E-state index >= 15 is 0 Å². The molecule has 0 bridgehead atoms. The van der Waals surface area contributed by atoms with Gasteiger partial charge in [-0.1, -0.05) is 62.0 Å². The second kappa shape index (κ2) is 8.54. The molecule has 1 amide bonds. The van der Waals surface area contributed by atoms with E-state index in [1.54, 1.807) is 0 Å². The molecule has 6 heteroatoms. The van der Waals surface area contributed by atoms with Crippen molar-refractivity contribution in [2.45, 2.75) is 32.0 Å². The van der Waals surface area contributed by atoms with Crippen molar-refractivity contribution in [1.82, 2.24) is 19.7 Å². The molecule has 0 aliphatic carbocycles. The molecule has 1 saturated heterocycles. The van der Waals surface area contributed by atoms with Crippen LogP contribution in [0.15, 0.2) is 48.1 Å². The maximum Gasteiger partial charge on any atom is 0.233 e. The van der Waals surface area contributed by atoms with Crippen LogP contribution in [0.5, 0.6) is 0 Å². The van der Waals surface area contributed by atoms with Gasteiger partial charge in [0.1, 0.15) is 0 Å². The molecule has 0 radical (unpaired) electrons. The molecule has 26 heavy (non-hydrogen) atoms. The Bertz CT molecular complexity index is 748. The van der Waals surface area contributed by atoms with Crippen molar-refractivity contribution in [3.05, 3.63) is 43.0 Å². The minimum absolute atomic E-state index is 0.183. The highest BCUT2D eigenvalue weighted by Gasteiger charge is 2.25. The monoisotopic (exact) mass is 370 g/mol. The molecule has 5 nitrogen and oxygen atoms in total. The van der Waals surface area contributed by atoms with Gasteiger partial charge in [0.2, 0.25) is 5.91 Å². The fourth-order valence-corrected chi connectivity index (χ4v) is 4.42. The van der Waals surface area contributed by atoms with Crippen LogP contribution in [0.1, 0.15) is 20.3 Å². The van der Waals surface area contributed by atoms with E-state index in [2.05, 4.69) is 30.6 Å². The van der Waals surface area contributed by atoms with E-state index in [4.69, 9.17) is 0 Å². The minimum atomic E-state index is 0.183. The van der Waals surface area contributed by atoms with Crippen molar-refractivity contribution in [3.8, 4) is 11.4 Å². The fourth-order valence-electron chi connectivity index (χ4n) is 3.57. The molecule has 0 N–H and O–H groups in total. The number of rotatable bonds is 6. The van der Waals surface area contributed by atoms with Gasteiger partial charge in [-0.15, -0.1) is 16.8 Å². The third-order valence-electron chi connectivity index (χ3n) is 4.61. The highest BCUT2D eigenvalue weighted by molar-refractivity contribution is 7.99. The largest absolute Gasteiger partial charge is 0.341 e. The van der Waals surface area contributed by atoms with Gasteiger partial charge in [-0.3, -0.25) is 9.36 Å². The van der Waals surface area contributed by atoms with Gasteiger partial charge in [0.05, 0.1) is 5.75 Å². The molecule has 1 fully saturated rings. The third kappa shape index (κ3) is 4.36. The van der Waals surface area contributed by atoms with Gasteiger partial charge in [-0.2, -0.15) is 0 Å². The molecule has 0 saturated carbocycles. The molecule has 0 unspecified atom stereocenters. The van der Waals surface area contributed by atoms with Crippen LogP contribution in [0.2, 0.25) is 0 Å². The van der Waals surface area contributed by atoms with Crippen LogP contribution in [0.3, 0.4) is 0 Å². The predicted molar refractivity (Wildman–Crippen MR) is 106 cm³/mol. The topological polar surface area (TPSA) is 51.0 Å². The van der Waals surface area contributed by atoms with E-state index in [1.807, 2.05) is 45.9 Å². The number of likely N-dealkylation sites (tertiary alicyclic amines) is 1. The van der Waals surface area contributed by atoms with Gasteiger partial charge in [0.25, 0.3) is 0 Å². The SMILES string of the molecule is C=CCn1c(SCC(=O)N2C[C@H](C)C[C@@H](C)C2)nnc1-c1ccccc1. The highest BCUT2D eigenvalue weighted by atomic mass is 32.2. The Hall–Kier alpha value is -2.08. The Labute approximate surface area is 159 Å². The molecule has 1 aromatic heterocycles. The highest BCUT2D eigenvalue weighted by Crippen LogP contribution is 2.26. The third-order valence-corrected chi connectivity index (χ3v) is 5.56. The van der Waals surface area contributed by atoms with Gasteiger partial charge >= 0.3 is 0 Å². The van der Waals surface area contributed by atoms with Crippen LogP contribution in [0, 0.1) is 11.8 Å².